The molecule has 1 aliphatic rings. The Kier molecular flexibility index (Phi) is 3.72. The summed E-state index contributed by atoms with van der Waals surface area (Å²) in [4.78, 5) is 8.73. The minimum absolute atomic E-state index is 0.686. The van der Waals surface area contributed by atoms with Crippen molar-refractivity contribution < 1.29 is 0 Å². The summed E-state index contributed by atoms with van der Waals surface area (Å²) in [7, 11) is 0. The number of anilines is 1. The standard InChI is InChI=1S/C12H20N4/c1-9-8-15-10(2)12(16-9)14-7-5-11-4-3-6-13-11/h8,11,13H,3-7H2,1-2H3,(H,14,16). The van der Waals surface area contributed by atoms with Crippen molar-refractivity contribution in [1.29, 1.82) is 0 Å². The minimum Gasteiger partial charge on any atom is -0.369 e. The molecule has 0 spiro atoms. The average molecular weight is 220 g/mol. The van der Waals surface area contributed by atoms with E-state index in [-0.39, 0.29) is 0 Å². The van der Waals surface area contributed by atoms with Gasteiger partial charge in [-0.05, 0) is 39.7 Å². The van der Waals surface area contributed by atoms with Crippen LogP contribution in [0.4, 0.5) is 5.82 Å². The Morgan fingerprint density at radius 2 is 2.38 bits per heavy atom. The Morgan fingerprint density at radius 1 is 1.50 bits per heavy atom. The van der Waals surface area contributed by atoms with E-state index >= 15 is 0 Å². The molecule has 1 saturated heterocycles. The summed E-state index contributed by atoms with van der Waals surface area (Å²) in [5.74, 6) is 0.929. The fraction of sp³-hybridized carbons (Fsp3) is 0.667. The average Bonchev–Trinajstić information content (AvgIpc) is 2.76. The van der Waals surface area contributed by atoms with Gasteiger partial charge in [0.2, 0.25) is 0 Å². The van der Waals surface area contributed by atoms with Gasteiger partial charge < -0.3 is 10.6 Å². The van der Waals surface area contributed by atoms with Crippen LogP contribution in [0.5, 0.6) is 0 Å². The van der Waals surface area contributed by atoms with E-state index in [2.05, 4.69) is 20.6 Å². The quantitative estimate of drug-likeness (QED) is 0.810. The maximum atomic E-state index is 4.44. The summed E-state index contributed by atoms with van der Waals surface area (Å²) in [6, 6.07) is 0.686. The van der Waals surface area contributed by atoms with Crippen molar-refractivity contribution in [2.45, 2.75) is 39.2 Å². The number of hydrogen-bond donors (Lipinski definition) is 2. The zero-order valence-corrected chi connectivity index (χ0v) is 10.1. The van der Waals surface area contributed by atoms with E-state index in [1.54, 1.807) is 6.20 Å². The van der Waals surface area contributed by atoms with Gasteiger partial charge in [-0.15, -0.1) is 0 Å². The van der Waals surface area contributed by atoms with Crippen molar-refractivity contribution in [3.05, 3.63) is 17.6 Å². The molecule has 1 aromatic heterocycles. The van der Waals surface area contributed by atoms with Gasteiger partial charge in [0.25, 0.3) is 0 Å². The third-order valence-corrected chi connectivity index (χ3v) is 3.02. The van der Waals surface area contributed by atoms with Crippen LogP contribution < -0.4 is 10.6 Å². The molecule has 1 atom stereocenters. The third-order valence-electron chi connectivity index (χ3n) is 3.02. The first-order valence-electron chi connectivity index (χ1n) is 6.03. The largest absolute Gasteiger partial charge is 0.369 e. The zero-order valence-electron chi connectivity index (χ0n) is 10.1. The Bertz CT molecular complexity index is 345. The van der Waals surface area contributed by atoms with Gasteiger partial charge in [-0.2, -0.15) is 0 Å². The molecule has 0 radical (unpaired) electrons. The molecule has 1 aliphatic heterocycles. The van der Waals surface area contributed by atoms with Crippen molar-refractivity contribution >= 4 is 5.82 Å². The summed E-state index contributed by atoms with van der Waals surface area (Å²) in [6.45, 7) is 6.10. The van der Waals surface area contributed by atoms with Crippen molar-refractivity contribution in [3.63, 3.8) is 0 Å². The fourth-order valence-corrected chi connectivity index (χ4v) is 2.07. The summed E-state index contributed by atoms with van der Waals surface area (Å²) >= 11 is 0. The van der Waals surface area contributed by atoms with Crippen LogP contribution in [0.2, 0.25) is 0 Å². The molecule has 2 N–H and O–H groups in total. The van der Waals surface area contributed by atoms with Crippen LogP contribution in [0, 0.1) is 13.8 Å². The number of hydrogen-bond acceptors (Lipinski definition) is 4. The van der Waals surface area contributed by atoms with E-state index in [0.717, 1.165) is 30.2 Å². The second-order valence-electron chi connectivity index (χ2n) is 4.45. The predicted molar refractivity (Wildman–Crippen MR) is 65.6 cm³/mol. The van der Waals surface area contributed by atoms with Crippen molar-refractivity contribution in [1.82, 2.24) is 15.3 Å². The van der Waals surface area contributed by atoms with Crippen LogP contribution in [-0.2, 0) is 0 Å². The van der Waals surface area contributed by atoms with Crippen LogP contribution in [0.25, 0.3) is 0 Å². The normalized spacial score (nSPS) is 20.0. The van der Waals surface area contributed by atoms with Gasteiger partial charge in [-0.25, -0.2) is 4.98 Å². The lowest BCUT2D eigenvalue weighted by molar-refractivity contribution is 0.574. The molecule has 88 valence electrons. The van der Waals surface area contributed by atoms with Gasteiger partial charge in [0.1, 0.15) is 5.82 Å². The highest BCUT2D eigenvalue weighted by atomic mass is 15.0. The molecule has 16 heavy (non-hydrogen) atoms. The van der Waals surface area contributed by atoms with Crippen molar-refractivity contribution in [3.8, 4) is 0 Å². The number of nitrogens with zero attached hydrogens (tertiary/aromatic N) is 2. The van der Waals surface area contributed by atoms with Gasteiger partial charge in [0.05, 0.1) is 11.4 Å². The topological polar surface area (TPSA) is 49.8 Å². The molecule has 4 heteroatoms. The molecule has 0 bridgehead atoms. The molecule has 1 aromatic rings. The SMILES string of the molecule is Cc1cnc(C)c(NCCC2CCCN2)n1. The molecular formula is C12H20N4. The number of aromatic nitrogens is 2. The molecule has 0 aromatic carbocycles. The first-order valence-corrected chi connectivity index (χ1v) is 6.03. The number of aryl methyl sites for hydroxylation is 2. The fourth-order valence-electron chi connectivity index (χ4n) is 2.07. The second kappa shape index (κ2) is 5.25. The minimum atomic E-state index is 0.686. The molecule has 0 amide bonds. The maximum Gasteiger partial charge on any atom is 0.147 e. The first-order chi connectivity index (χ1) is 7.75. The highest BCUT2D eigenvalue weighted by Gasteiger charge is 2.13. The monoisotopic (exact) mass is 220 g/mol. The van der Waals surface area contributed by atoms with Crippen LogP contribution in [0.1, 0.15) is 30.7 Å². The Morgan fingerprint density at radius 3 is 3.12 bits per heavy atom. The van der Waals surface area contributed by atoms with Gasteiger partial charge in [-0.1, -0.05) is 0 Å². The number of nitrogens with one attached hydrogen (secondary N) is 2. The third kappa shape index (κ3) is 2.92. The van der Waals surface area contributed by atoms with E-state index < -0.39 is 0 Å². The number of rotatable bonds is 4. The lowest BCUT2D eigenvalue weighted by atomic mass is 10.1. The predicted octanol–water partition coefficient (Wildman–Crippen LogP) is 1.65. The van der Waals surface area contributed by atoms with Gasteiger partial charge in [0, 0.05) is 18.8 Å². The molecule has 2 rings (SSSR count). The second-order valence-corrected chi connectivity index (χ2v) is 4.45. The molecular weight excluding hydrogens is 200 g/mol. The van der Waals surface area contributed by atoms with Crippen LogP contribution in [0.15, 0.2) is 6.20 Å². The Balaban J connectivity index is 1.82. The van der Waals surface area contributed by atoms with Crippen LogP contribution >= 0.6 is 0 Å². The van der Waals surface area contributed by atoms with Gasteiger partial charge in [-0.3, -0.25) is 4.98 Å². The van der Waals surface area contributed by atoms with E-state index in [0.29, 0.717) is 6.04 Å². The van der Waals surface area contributed by atoms with E-state index in [4.69, 9.17) is 0 Å². The summed E-state index contributed by atoms with van der Waals surface area (Å²) in [6.07, 6.45) is 5.59. The van der Waals surface area contributed by atoms with Gasteiger partial charge >= 0.3 is 0 Å². The lowest BCUT2D eigenvalue weighted by Crippen LogP contribution is -2.24. The van der Waals surface area contributed by atoms with E-state index in [1.165, 1.54) is 19.4 Å². The summed E-state index contributed by atoms with van der Waals surface area (Å²) in [5, 5.41) is 6.86. The molecule has 0 aliphatic carbocycles. The lowest BCUT2D eigenvalue weighted by Gasteiger charge is -2.12. The molecule has 1 unspecified atom stereocenters. The highest BCUT2D eigenvalue weighted by Crippen LogP contribution is 2.11. The molecule has 1 fully saturated rings. The van der Waals surface area contributed by atoms with Crippen LogP contribution in [0.3, 0.4) is 0 Å². The van der Waals surface area contributed by atoms with Crippen molar-refractivity contribution in [2.75, 3.05) is 18.4 Å². The van der Waals surface area contributed by atoms with Crippen molar-refractivity contribution in [2.24, 2.45) is 0 Å². The zero-order chi connectivity index (χ0) is 11.4. The summed E-state index contributed by atoms with van der Waals surface area (Å²) < 4.78 is 0. The Hall–Kier alpha value is -1.16. The van der Waals surface area contributed by atoms with Crippen LogP contribution in [-0.4, -0.2) is 29.1 Å². The smallest absolute Gasteiger partial charge is 0.147 e. The highest BCUT2D eigenvalue weighted by molar-refractivity contribution is 5.39. The summed E-state index contributed by atoms with van der Waals surface area (Å²) in [5.41, 5.74) is 1.94. The van der Waals surface area contributed by atoms with Gasteiger partial charge in [0.15, 0.2) is 0 Å². The molecule has 0 saturated carbocycles. The molecule has 2 heterocycles. The van der Waals surface area contributed by atoms with E-state index in [9.17, 15) is 0 Å². The first kappa shape index (κ1) is 11.3. The maximum absolute atomic E-state index is 4.44. The van der Waals surface area contributed by atoms with E-state index in [1.807, 2.05) is 13.8 Å². The Labute approximate surface area is 96.9 Å². The molecule has 4 nitrogen and oxygen atoms in total.